The minimum absolute atomic E-state index is 0.224. The summed E-state index contributed by atoms with van der Waals surface area (Å²) in [5, 5.41) is 1.38. The summed E-state index contributed by atoms with van der Waals surface area (Å²) in [5.74, 6) is 0.352. The summed E-state index contributed by atoms with van der Waals surface area (Å²) in [5.41, 5.74) is 6.60. The topological polar surface area (TPSA) is 0 Å². The highest BCUT2D eigenvalue weighted by molar-refractivity contribution is 7.20. The van der Waals surface area contributed by atoms with Crippen LogP contribution in [0.15, 0.2) is 109 Å². The van der Waals surface area contributed by atoms with Gasteiger partial charge in [0.15, 0.2) is 0 Å². The van der Waals surface area contributed by atoms with E-state index >= 15 is 0 Å². The van der Waals surface area contributed by atoms with Crippen LogP contribution in [0.4, 0.5) is 0 Å². The maximum absolute atomic E-state index is 4.26. The summed E-state index contributed by atoms with van der Waals surface area (Å²) >= 11 is 1.91. The van der Waals surface area contributed by atoms with Crippen LogP contribution in [0.3, 0.4) is 0 Å². The molecule has 3 aromatic rings. The molecule has 0 saturated heterocycles. The van der Waals surface area contributed by atoms with Crippen molar-refractivity contribution in [1.29, 1.82) is 0 Å². The lowest BCUT2D eigenvalue weighted by Crippen LogP contribution is -2.36. The highest BCUT2D eigenvalue weighted by Crippen LogP contribution is 2.61. The molecule has 0 saturated carbocycles. The quantitative estimate of drug-likeness (QED) is 0.409. The molecule has 148 valence electrons. The zero-order chi connectivity index (χ0) is 20.7. The SMILES string of the molecule is C=CC1=C(C=C(C)C)C(c2ccccc2)(C2C=CC=CC2)c2c1sc1ccccc21. The van der Waals surface area contributed by atoms with Gasteiger partial charge in [0.05, 0.1) is 5.41 Å². The Kier molecular flexibility index (Phi) is 4.72. The molecule has 0 N–H and O–H groups in total. The van der Waals surface area contributed by atoms with E-state index in [9.17, 15) is 0 Å². The van der Waals surface area contributed by atoms with Gasteiger partial charge in [-0.2, -0.15) is 0 Å². The number of hydrogen-bond acceptors (Lipinski definition) is 1. The van der Waals surface area contributed by atoms with E-state index < -0.39 is 0 Å². The van der Waals surface area contributed by atoms with Crippen molar-refractivity contribution in [3.63, 3.8) is 0 Å². The summed E-state index contributed by atoms with van der Waals surface area (Å²) < 4.78 is 1.36. The summed E-state index contributed by atoms with van der Waals surface area (Å²) in [4.78, 5) is 1.38. The van der Waals surface area contributed by atoms with E-state index in [0.717, 1.165) is 6.42 Å². The van der Waals surface area contributed by atoms with Gasteiger partial charge >= 0.3 is 0 Å². The largest absolute Gasteiger partial charge is 0.135 e. The molecule has 0 amide bonds. The Morgan fingerprint density at radius 3 is 2.50 bits per heavy atom. The number of hydrogen-bond donors (Lipinski definition) is 0. The fourth-order valence-corrected chi connectivity index (χ4v) is 6.60. The van der Waals surface area contributed by atoms with Crippen LogP contribution >= 0.6 is 11.3 Å². The average Bonchev–Trinajstić information content (AvgIpc) is 3.27. The van der Waals surface area contributed by atoms with E-state index in [1.165, 1.54) is 42.8 Å². The molecule has 0 aliphatic heterocycles. The molecule has 2 unspecified atom stereocenters. The molecule has 0 radical (unpaired) electrons. The molecule has 0 spiro atoms. The second-order valence-electron chi connectivity index (χ2n) is 8.38. The summed E-state index contributed by atoms with van der Waals surface area (Å²) in [6, 6.07) is 20.0. The van der Waals surface area contributed by atoms with Gasteiger partial charge < -0.3 is 0 Å². The first kappa shape index (κ1) is 19.1. The van der Waals surface area contributed by atoms with Crippen molar-refractivity contribution in [2.24, 2.45) is 5.92 Å². The van der Waals surface area contributed by atoms with Crippen molar-refractivity contribution in [2.75, 3.05) is 0 Å². The van der Waals surface area contributed by atoms with E-state index in [0.29, 0.717) is 5.92 Å². The summed E-state index contributed by atoms with van der Waals surface area (Å²) in [6.45, 7) is 8.66. The molecule has 2 aliphatic carbocycles. The Bertz CT molecular complexity index is 1240. The second-order valence-corrected chi connectivity index (χ2v) is 9.44. The van der Waals surface area contributed by atoms with Crippen molar-refractivity contribution in [1.82, 2.24) is 0 Å². The van der Waals surface area contributed by atoms with Gasteiger partial charge in [-0.1, -0.05) is 97.1 Å². The van der Waals surface area contributed by atoms with Crippen molar-refractivity contribution >= 4 is 27.0 Å². The lowest BCUT2D eigenvalue weighted by atomic mass is 9.61. The maximum Gasteiger partial charge on any atom is 0.0543 e. The third-order valence-corrected chi connectivity index (χ3v) is 7.56. The zero-order valence-electron chi connectivity index (χ0n) is 17.6. The summed E-state index contributed by atoms with van der Waals surface area (Å²) in [6.07, 6.45) is 14.6. The lowest BCUT2D eigenvalue weighted by molar-refractivity contribution is 0.457. The predicted molar refractivity (Wildman–Crippen MR) is 132 cm³/mol. The van der Waals surface area contributed by atoms with Gasteiger partial charge in [-0.3, -0.25) is 0 Å². The molecule has 1 heterocycles. The van der Waals surface area contributed by atoms with Gasteiger partial charge in [-0.05, 0) is 59.9 Å². The summed E-state index contributed by atoms with van der Waals surface area (Å²) in [7, 11) is 0. The molecule has 5 rings (SSSR count). The van der Waals surface area contributed by atoms with Gasteiger partial charge in [0.2, 0.25) is 0 Å². The van der Waals surface area contributed by atoms with Gasteiger partial charge in [-0.25, -0.2) is 0 Å². The minimum atomic E-state index is -0.224. The highest BCUT2D eigenvalue weighted by atomic mass is 32.1. The Labute approximate surface area is 183 Å². The Balaban J connectivity index is 1.98. The molecule has 0 nitrogen and oxygen atoms in total. The molecule has 2 atom stereocenters. The van der Waals surface area contributed by atoms with Crippen molar-refractivity contribution < 1.29 is 0 Å². The van der Waals surface area contributed by atoms with Crippen LogP contribution in [0.25, 0.3) is 15.7 Å². The maximum atomic E-state index is 4.26. The Morgan fingerprint density at radius 1 is 1.03 bits per heavy atom. The second kappa shape index (κ2) is 7.41. The Hall–Kier alpha value is -2.90. The lowest BCUT2D eigenvalue weighted by Gasteiger charge is -2.40. The normalized spacial score (nSPS) is 22.4. The van der Waals surface area contributed by atoms with Crippen LogP contribution in [0.5, 0.6) is 0 Å². The van der Waals surface area contributed by atoms with E-state index in [2.05, 4.69) is 111 Å². The van der Waals surface area contributed by atoms with Crippen LogP contribution in [0.2, 0.25) is 0 Å². The number of rotatable bonds is 4. The molecule has 2 aliphatic rings. The van der Waals surface area contributed by atoms with Gasteiger partial charge in [-0.15, -0.1) is 11.3 Å². The van der Waals surface area contributed by atoms with Gasteiger partial charge in [0.25, 0.3) is 0 Å². The number of fused-ring (bicyclic) bond motifs is 3. The average molecular weight is 407 g/mol. The fraction of sp³-hybridized carbons (Fsp3) is 0.172. The van der Waals surface area contributed by atoms with Crippen molar-refractivity contribution in [3.8, 4) is 0 Å². The van der Waals surface area contributed by atoms with Crippen molar-refractivity contribution in [3.05, 3.63) is 125 Å². The van der Waals surface area contributed by atoms with E-state index in [1.807, 2.05) is 11.3 Å². The van der Waals surface area contributed by atoms with Crippen LogP contribution in [0.1, 0.15) is 36.3 Å². The molecule has 0 fully saturated rings. The van der Waals surface area contributed by atoms with Crippen molar-refractivity contribution in [2.45, 2.75) is 25.7 Å². The molecule has 0 bridgehead atoms. The number of benzene rings is 2. The molecular formula is C29H26S. The van der Waals surface area contributed by atoms with Gasteiger partial charge in [0.1, 0.15) is 0 Å². The smallest absolute Gasteiger partial charge is 0.0543 e. The van der Waals surface area contributed by atoms with Crippen LogP contribution < -0.4 is 0 Å². The van der Waals surface area contributed by atoms with E-state index in [1.54, 1.807) is 0 Å². The third kappa shape index (κ3) is 2.66. The van der Waals surface area contributed by atoms with Crippen LogP contribution in [-0.4, -0.2) is 0 Å². The molecule has 1 aromatic heterocycles. The molecular weight excluding hydrogens is 380 g/mol. The number of thiophene rings is 1. The first-order valence-corrected chi connectivity index (χ1v) is 11.4. The molecule has 1 heteroatoms. The zero-order valence-corrected chi connectivity index (χ0v) is 18.4. The number of allylic oxidation sites excluding steroid dienone is 9. The molecule has 2 aromatic carbocycles. The fourth-order valence-electron chi connectivity index (χ4n) is 5.28. The highest BCUT2D eigenvalue weighted by Gasteiger charge is 2.51. The predicted octanol–water partition coefficient (Wildman–Crippen LogP) is 8.24. The van der Waals surface area contributed by atoms with E-state index in [-0.39, 0.29) is 5.41 Å². The minimum Gasteiger partial charge on any atom is -0.135 e. The molecule has 30 heavy (non-hydrogen) atoms. The third-order valence-electron chi connectivity index (χ3n) is 6.35. The van der Waals surface area contributed by atoms with Crippen LogP contribution in [0, 0.1) is 5.92 Å². The van der Waals surface area contributed by atoms with E-state index in [4.69, 9.17) is 0 Å². The first-order valence-electron chi connectivity index (χ1n) is 10.6. The standard InChI is InChI=1S/C29H26S/c1-4-23-25(19-20(2)3)29(21-13-7-5-8-14-21,22-15-9-6-10-16-22)27-24-17-11-12-18-26(24)30-28(23)27/h4-15,17-19,22H,1,16H2,2-3H3. The first-order chi connectivity index (χ1) is 14.7. The monoisotopic (exact) mass is 406 g/mol. The van der Waals surface area contributed by atoms with Crippen LogP contribution in [-0.2, 0) is 5.41 Å². The Morgan fingerprint density at radius 2 is 1.80 bits per heavy atom. The van der Waals surface area contributed by atoms with Gasteiger partial charge in [0, 0.05) is 9.58 Å².